The summed E-state index contributed by atoms with van der Waals surface area (Å²) in [5, 5.41) is 3.43. The van der Waals surface area contributed by atoms with Crippen molar-refractivity contribution in [3.63, 3.8) is 0 Å². The molecule has 0 aromatic carbocycles. The van der Waals surface area contributed by atoms with Gasteiger partial charge in [-0.15, -0.1) is 0 Å². The second kappa shape index (κ2) is 4.51. The molecular formula is C12H19N3. The molecular weight excluding hydrogens is 186 g/mol. The predicted octanol–water partition coefficient (Wildman–Crippen LogP) is 2.65. The van der Waals surface area contributed by atoms with Crippen molar-refractivity contribution in [1.82, 2.24) is 4.98 Å². The monoisotopic (exact) mass is 205 g/mol. The summed E-state index contributed by atoms with van der Waals surface area (Å²) in [6.07, 6.45) is 5.44. The highest BCUT2D eigenvalue weighted by Crippen LogP contribution is 2.28. The molecule has 3 N–H and O–H groups in total. The molecule has 1 atom stereocenters. The third-order valence-corrected chi connectivity index (χ3v) is 3.25. The maximum atomic E-state index is 5.64. The molecule has 1 aliphatic carbocycles. The minimum absolute atomic E-state index is 0.502. The molecule has 0 spiro atoms. The van der Waals surface area contributed by atoms with Gasteiger partial charge >= 0.3 is 0 Å². The van der Waals surface area contributed by atoms with Crippen LogP contribution < -0.4 is 11.1 Å². The quantitative estimate of drug-likeness (QED) is 0.797. The summed E-state index contributed by atoms with van der Waals surface area (Å²) in [4.78, 5) is 4.25. The van der Waals surface area contributed by atoms with Crippen LogP contribution in [0.15, 0.2) is 18.2 Å². The molecule has 1 saturated carbocycles. The SMILES string of the molecule is CC(Nc1cccc(N)n1)C1CCCC1. The summed E-state index contributed by atoms with van der Waals surface area (Å²) >= 11 is 0. The molecule has 0 amide bonds. The molecule has 1 fully saturated rings. The fourth-order valence-electron chi connectivity index (χ4n) is 2.34. The number of pyridine rings is 1. The Morgan fingerprint density at radius 3 is 2.80 bits per heavy atom. The summed E-state index contributed by atoms with van der Waals surface area (Å²) in [7, 11) is 0. The van der Waals surface area contributed by atoms with Gasteiger partial charge in [-0.05, 0) is 37.8 Å². The van der Waals surface area contributed by atoms with Gasteiger partial charge in [-0.1, -0.05) is 18.9 Å². The van der Waals surface area contributed by atoms with Crippen molar-refractivity contribution >= 4 is 11.6 Å². The number of nitrogens with zero attached hydrogens (tertiary/aromatic N) is 1. The average Bonchev–Trinajstić information content (AvgIpc) is 2.70. The molecule has 3 nitrogen and oxygen atoms in total. The van der Waals surface area contributed by atoms with Crippen LogP contribution in [0.4, 0.5) is 11.6 Å². The van der Waals surface area contributed by atoms with Crippen molar-refractivity contribution in [3.8, 4) is 0 Å². The third-order valence-electron chi connectivity index (χ3n) is 3.25. The van der Waals surface area contributed by atoms with Crippen LogP contribution in [0.3, 0.4) is 0 Å². The van der Waals surface area contributed by atoms with Crippen molar-refractivity contribution in [1.29, 1.82) is 0 Å². The van der Waals surface area contributed by atoms with Gasteiger partial charge in [-0.25, -0.2) is 4.98 Å². The van der Waals surface area contributed by atoms with E-state index in [9.17, 15) is 0 Å². The fraction of sp³-hybridized carbons (Fsp3) is 0.583. The predicted molar refractivity (Wildman–Crippen MR) is 63.7 cm³/mol. The van der Waals surface area contributed by atoms with Crippen LogP contribution in [-0.4, -0.2) is 11.0 Å². The van der Waals surface area contributed by atoms with Crippen LogP contribution in [0.1, 0.15) is 32.6 Å². The maximum absolute atomic E-state index is 5.64. The van der Waals surface area contributed by atoms with E-state index in [0.717, 1.165) is 11.7 Å². The number of nitrogens with two attached hydrogens (primary N) is 1. The molecule has 82 valence electrons. The lowest BCUT2D eigenvalue weighted by Gasteiger charge is -2.20. The van der Waals surface area contributed by atoms with E-state index < -0.39 is 0 Å². The zero-order valence-electron chi connectivity index (χ0n) is 9.24. The van der Waals surface area contributed by atoms with Crippen molar-refractivity contribution in [2.75, 3.05) is 11.1 Å². The Balaban J connectivity index is 1.95. The first-order valence-electron chi connectivity index (χ1n) is 5.75. The van der Waals surface area contributed by atoms with Gasteiger partial charge in [0.2, 0.25) is 0 Å². The van der Waals surface area contributed by atoms with Gasteiger partial charge in [0.1, 0.15) is 11.6 Å². The maximum Gasteiger partial charge on any atom is 0.128 e. The van der Waals surface area contributed by atoms with Crippen molar-refractivity contribution in [2.45, 2.75) is 38.6 Å². The molecule has 1 aliphatic rings. The van der Waals surface area contributed by atoms with Crippen molar-refractivity contribution in [2.24, 2.45) is 5.92 Å². The minimum atomic E-state index is 0.502. The molecule has 15 heavy (non-hydrogen) atoms. The van der Waals surface area contributed by atoms with E-state index >= 15 is 0 Å². The van der Waals surface area contributed by atoms with E-state index in [2.05, 4.69) is 17.2 Å². The van der Waals surface area contributed by atoms with Crippen LogP contribution in [0.5, 0.6) is 0 Å². The lowest BCUT2D eigenvalue weighted by atomic mass is 10.00. The van der Waals surface area contributed by atoms with Crippen LogP contribution in [-0.2, 0) is 0 Å². The normalized spacial score (nSPS) is 19.0. The Bertz CT molecular complexity index is 318. The van der Waals surface area contributed by atoms with E-state index in [1.165, 1.54) is 25.7 Å². The Kier molecular flexibility index (Phi) is 3.09. The lowest BCUT2D eigenvalue weighted by Crippen LogP contribution is -2.24. The average molecular weight is 205 g/mol. The highest BCUT2D eigenvalue weighted by molar-refractivity contribution is 5.42. The Morgan fingerprint density at radius 1 is 1.40 bits per heavy atom. The molecule has 2 rings (SSSR count). The molecule has 0 radical (unpaired) electrons. The summed E-state index contributed by atoms with van der Waals surface area (Å²) in [6.45, 7) is 2.24. The first-order valence-corrected chi connectivity index (χ1v) is 5.75. The van der Waals surface area contributed by atoms with Crippen LogP contribution in [0.2, 0.25) is 0 Å². The molecule has 1 aromatic rings. The van der Waals surface area contributed by atoms with E-state index in [1.807, 2.05) is 18.2 Å². The van der Waals surface area contributed by atoms with Gasteiger partial charge in [0.05, 0.1) is 0 Å². The fourth-order valence-corrected chi connectivity index (χ4v) is 2.34. The third kappa shape index (κ3) is 2.61. The summed E-state index contributed by atoms with van der Waals surface area (Å²) < 4.78 is 0. The second-order valence-electron chi connectivity index (χ2n) is 4.43. The Morgan fingerprint density at radius 2 is 2.13 bits per heavy atom. The standard InChI is InChI=1S/C12H19N3/c1-9(10-5-2-3-6-10)14-12-8-4-7-11(13)15-12/h4,7-10H,2-3,5-6H2,1H3,(H3,13,14,15). The number of hydrogen-bond acceptors (Lipinski definition) is 3. The number of aromatic nitrogens is 1. The number of hydrogen-bond donors (Lipinski definition) is 2. The molecule has 1 heterocycles. The zero-order valence-corrected chi connectivity index (χ0v) is 9.24. The first kappa shape index (κ1) is 10.3. The van der Waals surface area contributed by atoms with Gasteiger partial charge in [-0.3, -0.25) is 0 Å². The zero-order chi connectivity index (χ0) is 10.7. The van der Waals surface area contributed by atoms with Gasteiger partial charge in [-0.2, -0.15) is 0 Å². The molecule has 1 unspecified atom stereocenters. The first-order chi connectivity index (χ1) is 7.25. The van der Waals surface area contributed by atoms with E-state index in [-0.39, 0.29) is 0 Å². The number of rotatable bonds is 3. The summed E-state index contributed by atoms with van der Waals surface area (Å²) in [6, 6.07) is 6.22. The van der Waals surface area contributed by atoms with Crippen LogP contribution >= 0.6 is 0 Å². The molecule has 1 aromatic heterocycles. The number of anilines is 2. The molecule has 0 saturated heterocycles. The molecule has 0 aliphatic heterocycles. The van der Waals surface area contributed by atoms with E-state index in [4.69, 9.17) is 5.73 Å². The largest absolute Gasteiger partial charge is 0.384 e. The Labute approximate surface area is 91.1 Å². The van der Waals surface area contributed by atoms with E-state index in [1.54, 1.807) is 0 Å². The Hall–Kier alpha value is -1.25. The molecule has 0 bridgehead atoms. The van der Waals surface area contributed by atoms with Gasteiger partial charge in [0.15, 0.2) is 0 Å². The highest BCUT2D eigenvalue weighted by atomic mass is 15.0. The summed E-state index contributed by atoms with van der Waals surface area (Å²) in [5.41, 5.74) is 5.64. The molecule has 3 heteroatoms. The topological polar surface area (TPSA) is 50.9 Å². The smallest absolute Gasteiger partial charge is 0.128 e. The van der Waals surface area contributed by atoms with Crippen LogP contribution in [0, 0.1) is 5.92 Å². The van der Waals surface area contributed by atoms with Gasteiger partial charge in [0, 0.05) is 6.04 Å². The second-order valence-corrected chi connectivity index (χ2v) is 4.43. The van der Waals surface area contributed by atoms with Gasteiger partial charge in [0.25, 0.3) is 0 Å². The minimum Gasteiger partial charge on any atom is -0.384 e. The lowest BCUT2D eigenvalue weighted by molar-refractivity contribution is 0.481. The van der Waals surface area contributed by atoms with Crippen LogP contribution in [0.25, 0.3) is 0 Å². The van der Waals surface area contributed by atoms with Gasteiger partial charge < -0.3 is 11.1 Å². The van der Waals surface area contributed by atoms with Crippen molar-refractivity contribution < 1.29 is 0 Å². The summed E-state index contributed by atoms with van der Waals surface area (Å²) in [5.74, 6) is 2.28. The van der Waals surface area contributed by atoms with E-state index in [0.29, 0.717) is 11.9 Å². The number of nitrogens with one attached hydrogen (secondary N) is 1. The van der Waals surface area contributed by atoms with Crippen molar-refractivity contribution in [3.05, 3.63) is 18.2 Å². The highest BCUT2D eigenvalue weighted by Gasteiger charge is 2.21. The number of nitrogen functional groups attached to an aromatic ring is 1.